The molecule has 4 aliphatic heterocycles. The SMILES string of the molecule is O=C(C1=C[C@@H]2[C@@H]3C(=O)N(c4ccc5c(c4)OCCO5)C(=O)[C@H]3[C@H](C(=O)c3ccc(Cl)cc3)N2C=C1)c1ccccc1. The van der Waals surface area contributed by atoms with Gasteiger partial charge in [0.1, 0.15) is 19.3 Å². The minimum absolute atomic E-state index is 0.203. The smallest absolute Gasteiger partial charge is 0.240 e. The third-order valence-corrected chi connectivity index (χ3v) is 8.28. The number of allylic oxidation sites excluding steroid dienone is 2. The fourth-order valence-corrected chi connectivity index (χ4v) is 6.29. The zero-order chi connectivity index (χ0) is 28.2. The summed E-state index contributed by atoms with van der Waals surface area (Å²) in [5.74, 6) is -2.28. The highest BCUT2D eigenvalue weighted by Gasteiger charge is 2.63. The van der Waals surface area contributed by atoms with Crippen LogP contribution in [0.25, 0.3) is 0 Å². The van der Waals surface area contributed by atoms with Gasteiger partial charge in [-0.3, -0.25) is 19.2 Å². The second kappa shape index (κ2) is 9.74. The second-order valence-corrected chi connectivity index (χ2v) is 10.7. The van der Waals surface area contributed by atoms with Crippen LogP contribution in [0.15, 0.2) is 96.7 Å². The normalized spacial score (nSPS) is 24.2. The highest BCUT2D eigenvalue weighted by Crippen LogP contribution is 2.48. The first kappa shape index (κ1) is 25.3. The molecule has 4 atom stereocenters. The molecule has 7 rings (SSSR count). The lowest BCUT2D eigenvalue weighted by molar-refractivity contribution is -0.123. The van der Waals surface area contributed by atoms with Crippen LogP contribution in [0.5, 0.6) is 11.5 Å². The van der Waals surface area contributed by atoms with Crippen molar-refractivity contribution in [3.05, 3.63) is 113 Å². The van der Waals surface area contributed by atoms with E-state index < -0.39 is 35.7 Å². The maximum Gasteiger partial charge on any atom is 0.240 e. The number of fused-ring (bicyclic) bond motifs is 4. The zero-order valence-electron chi connectivity index (χ0n) is 21.6. The van der Waals surface area contributed by atoms with E-state index in [2.05, 4.69) is 0 Å². The van der Waals surface area contributed by atoms with Gasteiger partial charge in [-0.05, 0) is 42.5 Å². The zero-order valence-corrected chi connectivity index (χ0v) is 22.4. The van der Waals surface area contributed by atoms with Crippen LogP contribution in [0, 0.1) is 11.8 Å². The standard InChI is InChI=1S/C32H23ClN2O6/c33-21-8-6-19(7-9-21)30(37)28-27-26(23-16-20(12-13-34(23)28)29(36)18-4-2-1-3-5-18)31(38)35(32(27)39)22-10-11-24-25(17-22)41-15-14-40-24/h1-13,16-17,23,26-28H,14-15H2/t23-,26+,27-,28-/m1/s1. The van der Waals surface area contributed by atoms with Gasteiger partial charge in [0.15, 0.2) is 23.1 Å². The van der Waals surface area contributed by atoms with E-state index in [1.165, 1.54) is 0 Å². The van der Waals surface area contributed by atoms with E-state index in [4.69, 9.17) is 21.1 Å². The van der Waals surface area contributed by atoms with Gasteiger partial charge in [-0.15, -0.1) is 0 Å². The van der Waals surface area contributed by atoms with Crippen LogP contribution < -0.4 is 14.4 Å². The van der Waals surface area contributed by atoms with E-state index in [-0.39, 0.29) is 11.6 Å². The molecule has 4 heterocycles. The van der Waals surface area contributed by atoms with Gasteiger partial charge >= 0.3 is 0 Å². The second-order valence-electron chi connectivity index (χ2n) is 10.3. The van der Waals surface area contributed by atoms with Crippen molar-refractivity contribution in [1.29, 1.82) is 0 Å². The summed E-state index contributed by atoms with van der Waals surface area (Å²) in [5.41, 5.74) is 1.62. The summed E-state index contributed by atoms with van der Waals surface area (Å²) in [7, 11) is 0. The van der Waals surface area contributed by atoms with Crippen LogP contribution in [0.1, 0.15) is 20.7 Å². The molecular weight excluding hydrogens is 544 g/mol. The quantitative estimate of drug-likeness (QED) is 0.332. The molecule has 41 heavy (non-hydrogen) atoms. The summed E-state index contributed by atoms with van der Waals surface area (Å²) < 4.78 is 11.3. The van der Waals surface area contributed by atoms with Crippen LogP contribution in [-0.2, 0) is 9.59 Å². The maximum absolute atomic E-state index is 14.1. The van der Waals surface area contributed by atoms with E-state index in [9.17, 15) is 19.2 Å². The molecule has 2 saturated heterocycles. The number of anilines is 1. The molecule has 3 aromatic carbocycles. The van der Waals surface area contributed by atoms with E-state index in [1.54, 1.807) is 90.0 Å². The summed E-state index contributed by atoms with van der Waals surface area (Å²) in [6.45, 7) is 0.765. The largest absolute Gasteiger partial charge is 0.486 e. The van der Waals surface area contributed by atoms with Crippen molar-refractivity contribution in [3.8, 4) is 11.5 Å². The Kier molecular flexibility index (Phi) is 6.01. The topological polar surface area (TPSA) is 93.2 Å². The lowest BCUT2D eigenvalue weighted by Gasteiger charge is -2.33. The number of rotatable bonds is 5. The Bertz CT molecular complexity index is 1670. The molecule has 0 aliphatic carbocycles. The van der Waals surface area contributed by atoms with Crippen molar-refractivity contribution in [2.45, 2.75) is 12.1 Å². The average molecular weight is 567 g/mol. The van der Waals surface area contributed by atoms with Crippen molar-refractivity contribution in [3.63, 3.8) is 0 Å². The fourth-order valence-electron chi connectivity index (χ4n) is 6.16. The number of amides is 2. The molecule has 9 heteroatoms. The third kappa shape index (κ3) is 4.05. The Morgan fingerprint density at radius 2 is 1.51 bits per heavy atom. The Labute approximate surface area is 240 Å². The fraction of sp³-hybridized carbons (Fsp3) is 0.188. The minimum atomic E-state index is -0.962. The number of carbonyl (C=O) groups is 4. The van der Waals surface area contributed by atoms with E-state index in [0.29, 0.717) is 52.1 Å². The maximum atomic E-state index is 14.1. The number of carbonyl (C=O) groups excluding carboxylic acids is 4. The molecule has 0 unspecified atom stereocenters. The molecule has 204 valence electrons. The van der Waals surface area contributed by atoms with Gasteiger partial charge in [0.05, 0.1) is 23.6 Å². The predicted molar refractivity (Wildman–Crippen MR) is 150 cm³/mol. The lowest BCUT2D eigenvalue weighted by atomic mass is 9.85. The number of benzene rings is 3. The van der Waals surface area contributed by atoms with E-state index in [1.807, 2.05) is 6.07 Å². The van der Waals surface area contributed by atoms with Crippen LogP contribution in [0.4, 0.5) is 5.69 Å². The van der Waals surface area contributed by atoms with Crippen molar-refractivity contribution in [1.82, 2.24) is 4.90 Å². The molecule has 0 bridgehead atoms. The van der Waals surface area contributed by atoms with Gasteiger partial charge in [0.2, 0.25) is 11.8 Å². The molecule has 3 aromatic rings. The molecule has 8 nitrogen and oxygen atoms in total. The van der Waals surface area contributed by atoms with Gasteiger partial charge in [-0.2, -0.15) is 0 Å². The molecule has 2 amide bonds. The van der Waals surface area contributed by atoms with Gasteiger partial charge in [0.25, 0.3) is 0 Å². The van der Waals surface area contributed by atoms with Gasteiger partial charge in [-0.25, -0.2) is 4.90 Å². The summed E-state index contributed by atoms with van der Waals surface area (Å²) >= 11 is 6.05. The lowest BCUT2D eigenvalue weighted by Crippen LogP contribution is -2.46. The Morgan fingerprint density at radius 1 is 0.805 bits per heavy atom. The summed E-state index contributed by atoms with van der Waals surface area (Å²) in [4.78, 5) is 58.3. The highest BCUT2D eigenvalue weighted by atomic mass is 35.5. The van der Waals surface area contributed by atoms with E-state index >= 15 is 0 Å². The van der Waals surface area contributed by atoms with Crippen molar-refractivity contribution in [2.75, 3.05) is 18.1 Å². The molecule has 2 fully saturated rings. The van der Waals surface area contributed by atoms with Crippen molar-refractivity contribution in [2.24, 2.45) is 11.8 Å². The van der Waals surface area contributed by atoms with Gasteiger partial charge in [-0.1, -0.05) is 48.0 Å². The Hall–Kier alpha value is -4.69. The first-order valence-electron chi connectivity index (χ1n) is 13.3. The molecule has 0 aromatic heterocycles. The number of hydrogen-bond donors (Lipinski definition) is 0. The number of imide groups is 1. The number of ether oxygens (including phenoxy) is 2. The third-order valence-electron chi connectivity index (χ3n) is 8.03. The number of halogens is 1. The molecule has 4 aliphatic rings. The number of nitrogens with zero attached hydrogens (tertiary/aromatic N) is 2. The summed E-state index contributed by atoms with van der Waals surface area (Å²) in [6.07, 6.45) is 5.01. The van der Waals surface area contributed by atoms with Gasteiger partial charge in [0, 0.05) is 34.0 Å². The van der Waals surface area contributed by atoms with Crippen molar-refractivity contribution >= 4 is 40.7 Å². The van der Waals surface area contributed by atoms with Gasteiger partial charge < -0.3 is 14.4 Å². The first-order chi connectivity index (χ1) is 19.9. The monoisotopic (exact) mass is 566 g/mol. The van der Waals surface area contributed by atoms with Crippen LogP contribution >= 0.6 is 11.6 Å². The molecule has 0 spiro atoms. The van der Waals surface area contributed by atoms with Crippen molar-refractivity contribution < 1.29 is 28.7 Å². The van der Waals surface area contributed by atoms with E-state index in [0.717, 1.165) is 4.90 Å². The number of ketones is 2. The summed E-state index contributed by atoms with van der Waals surface area (Å²) in [5, 5.41) is 0.477. The minimum Gasteiger partial charge on any atom is -0.486 e. The number of Topliss-reactive ketones (excluding diaryl/α,β-unsaturated/α-hetero) is 2. The molecule has 0 radical (unpaired) electrons. The Balaban J connectivity index is 1.30. The Morgan fingerprint density at radius 3 is 2.27 bits per heavy atom. The van der Waals surface area contributed by atoms with Crippen LogP contribution in [0.2, 0.25) is 5.02 Å². The highest BCUT2D eigenvalue weighted by molar-refractivity contribution is 6.30. The van der Waals surface area contributed by atoms with Crippen LogP contribution in [-0.4, -0.2) is 53.6 Å². The predicted octanol–water partition coefficient (Wildman–Crippen LogP) is 4.49. The molecule has 0 N–H and O–H groups in total. The average Bonchev–Trinajstić information content (AvgIpc) is 3.48. The summed E-state index contributed by atoms with van der Waals surface area (Å²) in [6, 6.07) is 18.6. The molecular formula is C32H23ClN2O6. The van der Waals surface area contributed by atoms with Crippen LogP contribution in [0.3, 0.4) is 0 Å². The number of hydrogen-bond acceptors (Lipinski definition) is 7. The first-order valence-corrected chi connectivity index (χ1v) is 13.6. The molecule has 0 saturated carbocycles.